The number of nitrogens with zero attached hydrogens (tertiary/aromatic N) is 1. The zero-order valence-electron chi connectivity index (χ0n) is 10.0. The van der Waals surface area contributed by atoms with Gasteiger partial charge in [0.1, 0.15) is 0 Å². The van der Waals surface area contributed by atoms with E-state index < -0.39 is 9.84 Å². The fraction of sp³-hybridized carbons (Fsp3) is 0.417. The molecule has 18 heavy (non-hydrogen) atoms. The van der Waals surface area contributed by atoms with Crippen LogP contribution in [0.15, 0.2) is 23.0 Å². The standard InChI is InChI=1S/C12H14N2O3S/c1-8-3-2-4-10-11(8)13-12(15)14(10)9-5-6-18(16,17)7-9/h2-4,9H,5-7H2,1H3,(H,13,15). The summed E-state index contributed by atoms with van der Waals surface area (Å²) in [5.41, 5.74) is 2.36. The van der Waals surface area contributed by atoms with Crippen molar-refractivity contribution in [1.29, 1.82) is 0 Å². The van der Waals surface area contributed by atoms with Crippen LogP contribution < -0.4 is 5.69 Å². The third-order valence-corrected chi connectivity index (χ3v) is 5.28. The van der Waals surface area contributed by atoms with Gasteiger partial charge in [-0.3, -0.25) is 4.57 Å². The fourth-order valence-electron chi connectivity index (χ4n) is 2.63. The zero-order valence-corrected chi connectivity index (χ0v) is 10.8. The van der Waals surface area contributed by atoms with Crippen LogP contribution in [0.2, 0.25) is 0 Å². The van der Waals surface area contributed by atoms with Crippen molar-refractivity contribution in [3.63, 3.8) is 0 Å². The first kappa shape index (κ1) is 11.5. The van der Waals surface area contributed by atoms with E-state index in [2.05, 4.69) is 4.98 Å². The number of hydrogen-bond donors (Lipinski definition) is 1. The second-order valence-electron chi connectivity index (χ2n) is 4.83. The van der Waals surface area contributed by atoms with Gasteiger partial charge in [0.05, 0.1) is 28.6 Å². The molecule has 2 aromatic rings. The molecule has 0 amide bonds. The largest absolute Gasteiger partial charge is 0.326 e. The minimum Gasteiger partial charge on any atom is -0.305 e. The van der Waals surface area contributed by atoms with E-state index in [0.717, 1.165) is 16.6 Å². The summed E-state index contributed by atoms with van der Waals surface area (Å²) in [6.07, 6.45) is 0.517. The van der Waals surface area contributed by atoms with Gasteiger partial charge in [0.15, 0.2) is 9.84 Å². The van der Waals surface area contributed by atoms with Crippen molar-refractivity contribution in [1.82, 2.24) is 9.55 Å². The summed E-state index contributed by atoms with van der Waals surface area (Å²) in [5, 5.41) is 0. The Morgan fingerprint density at radius 1 is 1.39 bits per heavy atom. The number of fused-ring (bicyclic) bond motifs is 1. The van der Waals surface area contributed by atoms with E-state index in [4.69, 9.17) is 0 Å². The van der Waals surface area contributed by atoms with Gasteiger partial charge in [-0.2, -0.15) is 0 Å². The van der Waals surface area contributed by atoms with Crippen LogP contribution in [0.1, 0.15) is 18.0 Å². The molecule has 1 aromatic carbocycles. The number of aromatic nitrogens is 2. The van der Waals surface area contributed by atoms with E-state index in [1.54, 1.807) is 4.57 Å². The predicted octanol–water partition coefficient (Wildman–Crippen LogP) is 0.998. The second kappa shape index (κ2) is 3.71. The van der Waals surface area contributed by atoms with E-state index in [1.807, 2.05) is 25.1 Å². The summed E-state index contributed by atoms with van der Waals surface area (Å²) in [7, 11) is -2.99. The summed E-state index contributed by atoms with van der Waals surface area (Å²) in [6, 6.07) is 5.42. The molecular weight excluding hydrogens is 252 g/mol. The first-order chi connectivity index (χ1) is 8.48. The topological polar surface area (TPSA) is 71.9 Å². The Hall–Kier alpha value is -1.56. The monoisotopic (exact) mass is 266 g/mol. The van der Waals surface area contributed by atoms with Crippen LogP contribution >= 0.6 is 0 Å². The number of aryl methyl sites for hydroxylation is 1. The molecule has 0 spiro atoms. The van der Waals surface area contributed by atoms with Crippen molar-refractivity contribution in [2.75, 3.05) is 11.5 Å². The number of benzene rings is 1. The molecule has 0 radical (unpaired) electrons. The lowest BCUT2D eigenvalue weighted by Gasteiger charge is -2.09. The van der Waals surface area contributed by atoms with Crippen LogP contribution in [0, 0.1) is 6.92 Å². The Morgan fingerprint density at radius 2 is 2.17 bits per heavy atom. The van der Waals surface area contributed by atoms with Crippen molar-refractivity contribution >= 4 is 20.9 Å². The third-order valence-electron chi connectivity index (χ3n) is 3.53. The quantitative estimate of drug-likeness (QED) is 0.837. The number of para-hydroxylation sites is 1. The third kappa shape index (κ3) is 1.68. The molecule has 1 aliphatic rings. The normalized spacial score (nSPS) is 22.6. The number of hydrogen-bond acceptors (Lipinski definition) is 3. The minimum atomic E-state index is -2.99. The molecule has 1 N–H and O–H groups in total. The predicted molar refractivity (Wildman–Crippen MR) is 69.6 cm³/mol. The van der Waals surface area contributed by atoms with Crippen molar-refractivity contribution in [2.45, 2.75) is 19.4 Å². The molecule has 1 aromatic heterocycles. The summed E-state index contributed by atoms with van der Waals surface area (Å²) < 4.78 is 24.6. The smallest absolute Gasteiger partial charge is 0.305 e. The van der Waals surface area contributed by atoms with Crippen molar-refractivity contribution in [3.05, 3.63) is 34.2 Å². The molecule has 1 unspecified atom stereocenters. The molecular formula is C12H14N2O3S. The highest BCUT2D eigenvalue weighted by atomic mass is 32.2. The SMILES string of the molecule is Cc1cccc2c1[nH]c(=O)n2C1CCS(=O)(=O)C1. The number of aromatic amines is 1. The molecule has 0 aliphatic carbocycles. The lowest BCUT2D eigenvalue weighted by Crippen LogP contribution is -2.23. The molecule has 1 fully saturated rings. The maximum absolute atomic E-state index is 12.0. The van der Waals surface area contributed by atoms with E-state index in [-0.39, 0.29) is 23.2 Å². The fourth-order valence-corrected chi connectivity index (χ4v) is 4.33. The van der Waals surface area contributed by atoms with Gasteiger partial charge in [-0.1, -0.05) is 12.1 Å². The highest BCUT2D eigenvalue weighted by molar-refractivity contribution is 7.91. The van der Waals surface area contributed by atoms with E-state index >= 15 is 0 Å². The molecule has 0 bridgehead atoms. The van der Waals surface area contributed by atoms with Crippen LogP contribution in [-0.4, -0.2) is 29.5 Å². The number of sulfone groups is 1. The number of imidazole rings is 1. The Morgan fingerprint density at radius 3 is 2.83 bits per heavy atom. The number of rotatable bonds is 1. The second-order valence-corrected chi connectivity index (χ2v) is 7.05. The van der Waals surface area contributed by atoms with Crippen LogP contribution in [0.25, 0.3) is 11.0 Å². The average molecular weight is 266 g/mol. The zero-order chi connectivity index (χ0) is 12.9. The van der Waals surface area contributed by atoms with Crippen LogP contribution in [-0.2, 0) is 9.84 Å². The molecule has 1 saturated heterocycles. The first-order valence-corrected chi connectivity index (χ1v) is 7.70. The molecule has 0 saturated carbocycles. The highest BCUT2D eigenvalue weighted by Gasteiger charge is 2.31. The van der Waals surface area contributed by atoms with Gasteiger partial charge in [-0.25, -0.2) is 13.2 Å². The van der Waals surface area contributed by atoms with Crippen LogP contribution in [0.4, 0.5) is 0 Å². The maximum atomic E-state index is 12.0. The number of nitrogens with one attached hydrogen (secondary N) is 1. The summed E-state index contributed by atoms with van der Waals surface area (Å²) in [5.74, 6) is 0.233. The van der Waals surface area contributed by atoms with Crippen LogP contribution in [0.3, 0.4) is 0 Å². The molecule has 96 valence electrons. The summed E-state index contributed by atoms with van der Waals surface area (Å²) in [6.45, 7) is 1.92. The van der Waals surface area contributed by atoms with Crippen LogP contribution in [0.5, 0.6) is 0 Å². The van der Waals surface area contributed by atoms with Crippen molar-refractivity contribution in [2.24, 2.45) is 0 Å². The Balaban J connectivity index is 2.21. The Labute approximate surface area is 104 Å². The van der Waals surface area contributed by atoms with Crippen molar-refractivity contribution in [3.8, 4) is 0 Å². The average Bonchev–Trinajstić information content (AvgIpc) is 2.79. The van der Waals surface area contributed by atoms with Gasteiger partial charge in [0, 0.05) is 0 Å². The molecule has 1 atom stereocenters. The molecule has 6 heteroatoms. The van der Waals surface area contributed by atoms with E-state index in [0.29, 0.717) is 6.42 Å². The van der Waals surface area contributed by atoms with E-state index in [1.165, 1.54) is 0 Å². The summed E-state index contributed by atoms with van der Waals surface area (Å²) >= 11 is 0. The van der Waals surface area contributed by atoms with Gasteiger partial charge in [-0.05, 0) is 25.0 Å². The van der Waals surface area contributed by atoms with Gasteiger partial charge in [-0.15, -0.1) is 0 Å². The molecule has 5 nitrogen and oxygen atoms in total. The first-order valence-electron chi connectivity index (χ1n) is 5.88. The molecule has 3 rings (SSSR count). The summed E-state index contributed by atoms with van der Waals surface area (Å²) in [4.78, 5) is 14.8. The van der Waals surface area contributed by atoms with Gasteiger partial charge < -0.3 is 4.98 Å². The van der Waals surface area contributed by atoms with Gasteiger partial charge in [0.2, 0.25) is 0 Å². The number of H-pyrrole nitrogens is 1. The lowest BCUT2D eigenvalue weighted by molar-refractivity contribution is 0.554. The van der Waals surface area contributed by atoms with Crippen molar-refractivity contribution < 1.29 is 8.42 Å². The minimum absolute atomic E-state index is 0.0633. The Kier molecular flexibility index (Phi) is 2.38. The Bertz CT molecular complexity index is 770. The molecule has 2 heterocycles. The van der Waals surface area contributed by atoms with Gasteiger partial charge >= 0.3 is 5.69 Å². The van der Waals surface area contributed by atoms with E-state index in [9.17, 15) is 13.2 Å². The lowest BCUT2D eigenvalue weighted by atomic mass is 10.2. The molecule has 1 aliphatic heterocycles. The van der Waals surface area contributed by atoms with Gasteiger partial charge in [0.25, 0.3) is 0 Å². The maximum Gasteiger partial charge on any atom is 0.326 e. The highest BCUT2D eigenvalue weighted by Crippen LogP contribution is 2.26.